The Morgan fingerprint density at radius 3 is 2.29 bits per heavy atom. The van der Waals surface area contributed by atoms with Crippen molar-refractivity contribution in [2.24, 2.45) is 0 Å². The van der Waals surface area contributed by atoms with Crippen molar-refractivity contribution in [1.82, 2.24) is 9.88 Å². The van der Waals surface area contributed by atoms with Crippen LogP contribution in [0.4, 0.5) is 0 Å². The minimum Gasteiger partial charge on any atom is -0.477 e. The van der Waals surface area contributed by atoms with E-state index in [0.717, 1.165) is 34.2 Å². The number of carbonyl (C=O) groups excluding carboxylic acids is 1. The monoisotopic (exact) mass is 564 g/mol. The molecule has 3 rings (SSSR count). The Hall–Kier alpha value is -3.31. The highest BCUT2D eigenvalue weighted by Crippen LogP contribution is 2.31. The smallest absolute Gasteiger partial charge is 0.344 e. The van der Waals surface area contributed by atoms with E-state index in [1.54, 1.807) is 17.6 Å². The molecule has 0 aliphatic heterocycles. The van der Waals surface area contributed by atoms with Crippen LogP contribution in [-0.2, 0) is 9.59 Å². The van der Waals surface area contributed by atoms with Gasteiger partial charge >= 0.3 is 5.97 Å². The summed E-state index contributed by atoms with van der Waals surface area (Å²) in [6, 6.07) is 14.4. The van der Waals surface area contributed by atoms with Crippen LogP contribution < -0.4 is 0 Å². The van der Waals surface area contributed by atoms with Crippen molar-refractivity contribution in [3.05, 3.63) is 104 Å². The summed E-state index contributed by atoms with van der Waals surface area (Å²) in [4.78, 5) is 30.3. The van der Waals surface area contributed by atoms with Crippen LogP contribution in [0.5, 0.6) is 0 Å². The molecule has 1 heterocycles. The molecular formula is C30H29ClN2O3S2. The lowest BCUT2D eigenvalue weighted by Gasteiger charge is -2.39. The number of carbonyl (C=O) groups is 2. The van der Waals surface area contributed by atoms with Gasteiger partial charge in [0.15, 0.2) is 0 Å². The topological polar surface area (TPSA) is 70.5 Å². The van der Waals surface area contributed by atoms with E-state index in [-0.39, 0.29) is 17.0 Å². The number of carboxylic acid groups (broad SMARTS) is 1. The van der Waals surface area contributed by atoms with Gasteiger partial charge in [-0.25, -0.2) is 9.78 Å². The third kappa shape index (κ3) is 7.38. The molecule has 2 atom stereocenters. The van der Waals surface area contributed by atoms with Crippen molar-refractivity contribution in [2.75, 3.05) is 0 Å². The van der Waals surface area contributed by atoms with Gasteiger partial charge in [0.1, 0.15) is 16.9 Å². The fourth-order valence-electron chi connectivity index (χ4n) is 4.19. The van der Waals surface area contributed by atoms with E-state index in [0.29, 0.717) is 10.7 Å². The summed E-state index contributed by atoms with van der Waals surface area (Å²) in [5, 5.41) is 12.3. The lowest BCUT2D eigenvalue weighted by molar-refractivity contribution is -0.131. The van der Waals surface area contributed by atoms with Gasteiger partial charge in [-0.3, -0.25) is 0 Å². The van der Waals surface area contributed by atoms with Crippen molar-refractivity contribution >= 4 is 53.4 Å². The molecule has 0 amide bonds. The van der Waals surface area contributed by atoms with Crippen molar-refractivity contribution in [3.63, 3.8) is 0 Å². The van der Waals surface area contributed by atoms with Gasteiger partial charge in [-0.15, -0.1) is 24.0 Å². The summed E-state index contributed by atoms with van der Waals surface area (Å²) in [7, 11) is 0. The fraction of sp³-hybridized carbons (Fsp3) is 0.233. The highest BCUT2D eigenvalue weighted by molar-refractivity contribution is 7.85. The number of aliphatic carboxylic acids is 1. The van der Waals surface area contributed by atoms with Gasteiger partial charge in [0, 0.05) is 28.0 Å². The zero-order valence-corrected chi connectivity index (χ0v) is 24.0. The minimum atomic E-state index is -1.15. The molecule has 0 saturated heterocycles. The van der Waals surface area contributed by atoms with Crippen molar-refractivity contribution in [1.29, 1.82) is 0 Å². The van der Waals surface area contributed by atoms with E-state index < -0.39 is 11.9 Å². The number of thiol groups is 1. The van der Waals surface area contributed by atoms with Crippen LogP contribution in [0.25, 0.3) is 5.57 Å². The number of rotatable bonds is 9. The average Bonchev–Trinajstić information content (AvgIpc) is 3.42. The lowest BCUT2D eigenvalue weighted by atomic mass is 9.91. The average molecular weight is 565 g/mol. The van der Waals surface area contributed by atoms with Crippen molar-refractivity contribution in [3.8, 4) is 11.8 Å². The molecule has 1 aromatic heterocycles. The number of aldehydes is 1. The predicted octanol–water partition coefficient (Wildman–Crippen LogP) is 6.91. The molecule has 38 heavy (non-hydrogen) atoms. The number of nitrogens with zero attached hydrogens (tertiary/aromatic N) is 2. The molecule has 0 saturated carbocycles. The molecular weight excluding hydrogens is 536 g/mol. The Morgan fingerprint density at radius 1 is 1.11 bits per heavy atom. The minimum absolute atomic E-state index is 0.101. The van der Waals surface area contributed by atoms with Crippen LogP contribution >= 0.6 is 35.6 Å². The first kappa shape index (κ1) is 29.2. The molecule has 0 radical (unpaired) electrons. The van der Waals surface area contributed by atoms with Gasteiger partial charge in [-0.1, -0.05) is 41.8 Å². The normalized spacial score (nSPS) is 13.7. The van der Waals surface area contributed by atoms with Crippen LogP contribution in [0.2, 0.25) is 5.02 Å². The summed E-state index contributed by atoms with van der Waals surface area (Å²) >= 11 is 11.9. The van der Waals surface area contributed by atoms with Crippen LogP contribution in [0.3, 0.4) is 0 Å². The van der Waals surface area contributed by atoms with Crippen LogP contribution in [0.15, 0.2) is 76.1 Å². The molecule has 0 fully saturated rings. The first-order valence-electron chi connectivity index (χ1n) is 12.0. The molecule has 1 N–H and O–H groups in total. The summed E-state index contributed by atoms with van der Waals surface area (Å²) in [6.45, 7) is 7.75. The molecule has 5 nitrogen and oxygen atoms in total. The molecule has 0 bridgehead atoms. The third-order valence-corrected chi connectivity index (χ3v) is 7.36. The number of benzene rings is 2. The number of aromatic nitrogens is 1. The first-order chi connectivity index (χ1) is 18.1. The molecule has 0 spiro atoms. The Bertz CT molecular complexity index is 1380. The van der Waals surface area contributed by atoms with Crippen LogP contribution in [0, 0.1) is 11.8 Å². The second-order valence-electron chi connectivity index (χ2n) is 9.02. The van der Waals surface area contributed by atoms with E-state index in [2.05, 4.69) is 29.5 Å². The maximum Gasteiger partial charge on any atom is 0.344 e. The molecule has 3 aromatic rings. The van der Waals surface area contributed by atoms with E-state index in [9.17, 15) is 14.7 Å². The number of thiazole rings is 1. The number of hydrogen-bond donors (Lipinski definition) is 2. The summed E-state index contributed by atoms with van der Waals surface area (Å²) in [5.41, 5.74) is 6.30. The number of halogens is 1. The highest BCUT2D eigenvalue weighted by Gasteiger charge is 2.30. The lowest BCUT2D eigenvalue weighted by Crippen LogP contribution is -2.42. The molecule has 196 valence electrons. The molecule has 0 aliphatic carbocycles. The highest BCUT2D eigenvalue weighted by atomic mass is 35.5. The summed E-state index contributed by atoms with van der Waals surface area (Å²) in [5.74, 6) is 4.47. The third-order valence-electron chi connectivity index (χ3n) is 6.10. The molecule has 8 heteroatoms. The first-order valence-corrected chi connectivity index (χ1v) is 13.7. The second kappa shape index (κ2) is 13.5. The second-order valence-corrected chi connectivity index (χ2v) is 10.6. The van der Waals surface area contributed by atoms with Crippen molar-refractivity contribution in [2.45, 2.75) is 45.7 Å². The Morgan fingerprint density at radius 2 is 1.76 bits per heavy atom. The number of allylic oxidation sites excluding steroid dienone is 2. The van der Waals surface area contributed by atoms with Crippen molar-refractivity contribution < 1.29 is 14.7 Å². The maximum atomic E-state index is 12.2. The standard InChI is InChI=1S/C30H29ClN2O3S2/c1-19(2)33(21(4)27(16-34)24-10-12-25(31)13-11-24)28(29(37)30(35)36)15-20(3)23-8-5-22(6-9-23)7-14-26-17-38-18-32-26/h5-6,8-13,15-19,21,27,37H,1-4H3,(H,35,36)/b20-15+,29-28+. The summed E-state index contributed by atoms with van der Waals surface area (Å²) < 4.78 is 0. The van der Waals surface area contributed by atoms with E-state index >= 15 is 0 Å². The zero-order valence-electron chi connectivity index (χ0n) is 21.6. The zero-order chi connectivity index (χ0) is 27.8. The fourth-order valence-corrected chi connectivity index (χ4v) is 4.98. The van der Waals surface area contributed by atoms with Crippen LogP contribution in [0.1, 0.15) is 56.0 Å². The molecule has 2 aromatic carbocycles. The van der Waals surface area contributed by atoms with E-state index in [1.807, 2.05) is 80.4 Å². The van der Waals surface area contributed by atoms with E-state index in [4.69, 9.17) is 11.6 Å². The maximum absolute atomic E-state index is 12.2. The summed E-state index contributed by atoms with van der Waals surface area (Å²) in [6.07, 6.45) is 2.70. The van der Waals surface area contributed by atoms with Gasteiger partial charge in [-0.05, 0) is 80.7 Å². The number of hydrogen-bond acceptors (Lipinski definition) is 6. The Labute approximate surface area is 238 Å². The molecule has 0 aliphatic rings. The Kier molecular flexibility index (Phi) is 10.4. The SMILES string of the molecule is C/C(=C\C(=C(/S)C(=O)O)N(C(C)C)C(C)C(C=O)c1ccc(Cl)cc1)c1ccc(C#Cc2cscn2)cc1. The predicted molar refractivity (Wildman–Crippen MR) is 159 cm³/mol. The van der Waals surface area contributed by atoms with Gasteiger partial charge in [0.2, 0.25) is 0 Å². The Balaban J connectivity index is 1.99. The van der Waals surface area contributed by atoms with Gasteiger partial charge < -0.3 is 14.8 Å². The van der Waals surface area contributed by atoms with Gasteiger partial charge in [-0.2, -0.15) is 0 Å². The van der Waals surface area contributed by atoms with Gasteiger partial charge in [0.25, 0.3) is 0 Å². The molecule has 2 unspecified atom stereocenters. The quantitative estimate of drug-likeness (QED) is 0.0971. The van der Waals surface area contributed by atoms with Gasteiger partial charge in [0.05, 0.1) is 17.1 Å². The number of carboxylic acids is 1. The van der Waals surface area contributed by atoms with E-state index in [1.165, 1.54) is 11.3 Å². The van der Waals surface area contributed by atoms with Crippen LogP contribution in [-0.4, -0.2) is 39.3 Å². The largest absolute Gasteiger partial charge is 0.477 e.